The third kappa shape index (κ3) is 4.71. The van der Waals surface area contributed by atoms with Crippen LogP contribution in [0.1, 0.15) is 29.7 Å². The molecule has 2 heteroatoms. The van der Waals surface area contributed by atoms with Crippen LogP contribution in [-0.4, -0.2) is 0 Å². The summed E-state index contributed by atoms with van der Waals surface area (Å²) >= 11 is 0. The van der Waals surface area contributed by atoms with Crippen LogP contribution in [0.25, 0.3) is 0 Å². The van der Waals surface area contributed by atoms with E-state index in [1.54, 1.807) is 0 Å². The van der Waals surface area contributed by atoms with E-state index in [-0.39, 0.29) is 0 Å². The van der Waals surface area contributed by atoms with Crippen molar-refractivity contribution in [3.63, 3.8) is 0 Å². The molecular weight excluding hydrogens is 294 g/mol. The molecule has 0 saturated carbocycles. The Morgan fingerprint density at radius 2 is 1.46 bits per heavy atom. The minimum absolute atomic E-state index is 0.320. The first-order chi connectivity index (χ1) is 11.8. The van der Waals surface area contributed by atoms with Crippen LogP contribution in [0.2, 0.25) is 0 Å². The van der Waals surface area contributed by atoms with Crippen molar-refractivity contribution in [2.24, 2.45) is 0 Å². The summed E-state index contributed by atoms with van der Waals surface area (Å²) in [4.78, 5) is 0. The van der Waals surface area contributed by atoms with Crippen LogP contribution in [-0.2, 0) is 13.2 Å². The molecule has 0 aromatic heterocycles. The first-order valence-electron chi connectivity index (χ1n) is 8.35. The number of nitrogens with one attached hydrogen (secondary N) is 1. The number of rotatable bonds is 7. The van der Waals surface area contributed by atoms with Gasteiger partial charge in [0.05, 0.1) is 0 Å². The van der Waals surface area contributed by atoms with E-state index < -0.39 is 0 Å². The zero-order valence-electron chi connectivity index (χ0n) is 14.0. The summed E-state index contributed by atoms with van der Waals surface area (Å²) in [5.41, 5.74) is 3.70. The molecular formula is C22H23NO. The van der Waals surface area contributed by atoms with Gasteiger partial charge in [-0.1, -0.05) is 72.8 Å². The summed E-state index contributed by atoms with van der Waals surface area (Å²) in [7, 11) is 0. The third-order valence-electron chi connectivity index (χ3n) is 4.06. The molecule has 0 fully saturated rings. The number of benzene rings is 3. The fourth-order valence-corrected chi connectivity index (χ4v) is 2.62. The van der Waals surface area contributed by atoms with Gasteiger partial charge in [0.15, 0.2) is 0 Å². The van der Waals surface area contributed by atoms with Crippen molar-refractivity contribution in [3.05, 3.63) is 102 Å². The van der Waals surface area contributed by atoms with E-state index in [4.69, 9.17) is 4.74 Å². The maximum Gasteiger partial charge on any atom is 0.120 e. The quantitative estimate of drug-likeness (QED) is 0.653. The van der Waals surface area contributed by atoms with E-state index in [2.05, 4.69) is 60.8 Å². The van der Waals surface area contributed by atoms with E-state index in [1.807, 2.05) is 36.4 Å². The maximum absolute atomic E-state index is 5.90. The van der Waals surface area contributed by atoms with Crippen molar-refractivity contribution < 1.29 is 4.74 Å². The highest BCUT2D eigenvalue weighted by Crippen LogP contribution is 2.17. The predicted octanol–water partition coefficient (Wildman–Crippen LogP) is 5.12. The van der Waals surface area contributed by atoms with Gasteiger partial charge in [0.1, 0.15) is 12.4 Å². The van der Waals surface area contributed by atoms with Crippen molar-refractivity contribution in [2.75, 3.05) is 0 Å². The van der Waals surface area contributed by atoms with Gasteiger partial charge in [-0.2, -0.15) is 0 Å². The van der Waals surface area contributed by atoms with Crippen LogP contribution in [0.5, 0.6) is 5.75 Å². The molecule has 0 radical (unpaired) electrons. The van der Waals surface area contributed by atoms with Gasteiger partial charge >= 0.3 is 0 Å². The van der Waals surface area contributed by atoms with E-state index in [9.17, 15) is 0 Å². The molecule has 0 aliphatic heterocycles. The molecule has 0 aliphatic carbocycles. The molecule has 3 aromatic rings. The second-order valence-electron chi connectivity index (χ2n) is 5.93. The zero-order chi connectivity index (χ0) is 16.6. The topological polar surface area (TPSA) is 21.3 Å². The largest absolute Gasteiger partial charge is 0.489 e. The Bertz CT molecular complexity index is 740. The van der Waals surface area contributed by atoms with Crippen molar-refractivity contribution >= 4 is 0 Å². The van der Waals surface area contributed by atoms with Crippen molar-refractivity contribution in [1.29, 1.82) is 0 Å². The number of hydrogen-bond acceptors (Lipinski definition) is 2. The number of hydrogen-bond donors (Lipinski definition) is 1. The van der Waals surface area contributed by atoms with Crippen LogP contribution >= 0.6 is 0 Å². The van der Waals surface area contributed by atoms with Gasteiger partial charge in [0.25, 0.3) is 0 Å². The average molecular weight is 317 g/mol. The summed E-state index contributed by atoms with van der Waals surface area (Å²) in [6.45, 7) is 3.60. The van der Waals surface area contributed by atoms with E-state index in [1.165, 1.54) is 16.7 Å². The predicted molar refractivity (Wildman–Crippen MR) is 98.9 cm³/mol. The van der Waals surface area contributed by atoms with Crippen molar-refractivity contribution in [3.8, 4) is 5.75 Å². The highest BCUT2D eigenvalue weighted by molar-refractivity contribution is 5.29. The minimum atomic E-state index is 0.320. The van der Waals surface area contributed by atoms with Gasteiger partial charge in [0.2, 0.25) is 0 Å². The zero-order valence-corrected chi connectivity index (χ0v) is 14.0. The lowest BCUT2D eigenvalue weighted by Gasteiger charge is -2.15. The van der Waals surface area contributed by atoms with Gasteiger partial charge in [-0.15, -0.1) is 0 Å². The fraction of sp³-hybridized carbons (Fsp3) is 0.182. The molecule has 122 valence electrons. The molecule has 24 heavy (non-hydrogen) atoms. The summed E-state index contributed by atoms with van der Waals surface area (Å²) < 4.78 is 5.90. The summed E-state index contributed by atoms with van der Waals surface area (Å²) in [6, 6.07) is 29.3. The summed E-state index contributed by atoms with van der Waals surface area (Å²) in [6.07, 6.45) is 0. The lowest BCUT2D eigenvalue weighted by molar-refractivity contribution is 0.306. The molecule has 0 spiro atoms. The molecule has 1 N–H and O–H groups in total. The second-order valence-corrected chi connectivity index (χ2v) is 5.93. The molecule has 1 atom stereocenters. The normalized spacial score (nSPS) is 11.9. The first-order valence-corrected chi connectivity index (χ1v) is 8.35. The van der Waals surface area contributed by atoms with Gasteiger partial charge in [-0.05, 0) is 35.7 Å². The van der Waals surface area contributed by atoms with Crippen LogP contribution < -0.4 is 10.1 Å². The van der Waals surface area contributed by atoms with Crippen LogP contribution in [0.4, 0.5) is 0 Å². The molecule has 2 nitrogen and oxygen atoms in total. The molecule has 0 saturated heterocycles. The molecule has 0 bridgehead atoms. The number of ether oxygens (including phenoxy) is 1. The Kier molecular flexibility index (Phi) is 5.65. The SMILES string of the molecule is CC(NCc1cccc(OCc2ccccc2)c1)c1ccccc1. The summed E-state index contributed by atoms with van der Waals surface area (Å²) in [5.74, 6) is 0.908. The Labute approximate surface area is 144 Å². The fourth-order valence-electron chi connectivity index (χ4n) is 2.62. The lowest BCUT2D eigenvalue weighted by Crippen LogP contribution is -2.17. The van der Waals surface area contributed by atoms with Crippen molar-refractivity contribution in [2.45, 2.75) is 26.1 Å². The Morgan fingerprint density at radius 1 is 0.792 bits per heavy atom. The second kappa shape index (κ2) is 8.32. The minimum Gasteiger partial charge on any atom is -0.489 e. The van der Waals surface area contributed by atoms with Gasteiger partial charge in [-0.25, -0.2) is 0 Å². The van der Waals surface area contributed by atoms with Crippen LogP contribution in [0, 0.1) is 0 Å². The molecule has 0 heterocycles. The Hall–Kier alpha value is -2.58. The van der Waals surface area contributed by atoms with E-state index >= 15 is 0 Å². The van der Waals surface area contributed by atoms with Gasteiger partial charge in [0, 0.05) is 12.6 Å². The Morgan fingerprint density at radius 3 is 2.21 bits per heavy atom. The molecule has 1 unspecified atom stereocenters. The highest BCUT2D eigenvalue weighted by atomic mass is 16.5. The van der Waals surface area contributed by atoms with Crippen LogP contribution in [0.3, 0.4) is 0 Å². The standard InChI is InChI=1S/C22H23NO/c1-18(21-12-6-3-7-13-21)23-16-20-11-8-14-22(15-20)24-17-19-9-4-2-5-10-19/h2-15,18,23H,16-17H2,1H3. The summed E-state index contributed by atoms with van der Waals surface area (Å²) in [5, 5.41) is 3.56. The average Bonchev–Trinajstić information content (AvgIpc) is 2.66. The monoisotopic (exact) mass is 317 g/mol. The van der Waals surface area contributed by atoms with Gasteiger partial charge in [-0.3, -0.25) is 0 Å². The Balaban J connectivity index is 1.55. The maximum atomic E-state index is 5.90. The lowest BCUT2D eigenvalue weighted by atomic mass is 10.1. The highest BCUT2D eigenvalue weighted by Gasteiger charge is 2.04. The third-order valence-corrected chi connectivity index (χ3v) is 4.06. The smallest absolute Gasteiger partial charge is 0.120 e. The van der Waals surface area contributed by atoms with Crippen LogP contribution in [0.15, 0.2) is 84.9 Å². The molecule has 0 aliphatic rings. The van der Waals surface area contributed by atoms with Crippen molar-refractivity contribution in [1.82, 2.24) is 5.32 Å². The van der Waals surface area contributed by atoms with E-state index in [0.29, 0.717) is 12.6 Å². The molecule has 3 aromatic carbocycles. The van der Waals surface area contributed by atoms with Gasteiger partial charge < -0.3 is 10.1 Å². The molecule has 0 amide bonds. The van der Waals surface area contributed by atoms with E-state index in [0.717, 1.165) is 12.3 Å². The molecule has 3 rings (SSSR count). The first kappa shape index (κ1) is 16.3.